The molecular weight excluding hydrogens is 407 g/mol. The van der Waals surface area contributed by atoms with E-state index in [0.717, 1.165) is 64.6 Å². The van der Waals surface area contributed by atoms with Crippen molar-refractivity contribution in [3.8, 4) is 0 Å². The molecule has 0 aliphatic carbocycles. The van der Waals surface area contributed by atoms with E-state index in [1.54, 1.807) is 0 Å². The molecule has 2 heterocycles. The molecule has 2 saturated heterocycles. The van der Waals surface area contributed by atoms with Gasteiger partial charge in [0.15, 0.2) is 5.96 Å². The van der Waals surface area contributed by atoms with Crippen LogP contribution in [0.2, 0.25) is 0 Å². The summed E-state index contributed by atoms with van der Waals surface area (Å²) in [6, 6.07) is 0. The lowest BCUT2D eigenvalue weighted by atomic mass is 9.88. The molecule has 0 spiro atoms. The summed E-state index contributed by atoms with van der Waals surface area (Å²) in [4.78, 5) is 6.66. The van der Waals surface area contributed by atoms with Crippen LogP contribution in [0, 0.1) is 0 Å². The standard InChI is InChI=1S/C16H32N4O2.HI/c1-15(6-5-9-22-15)12-18-14(17-2)19-13-16(20(3)4)7-10-21-11-8-16;/h5-13H2,1-4H3,(H2,17,18,19);1H. The predicted molar refractivity (Wildman–Crippen MR) is 105 cm³/mol. The normalized spacial score (nSPS) is 27.6. The summed E-state index contributed by atoms with van der Waals surface area (Å²) >= 11 is 0. The van der Waals surface area contributed by atoms with Crippen molar-refractivity contribution in [1.82, 2.24) is 15.5 Å². The lowest BCUT2D eigenvalue weighted by Crippen LogP contribution is -2.57. The second-order valence-electron chi connectivity index (χ2n) is 6.91. The molecular formula is C16H33IN4O2. The number of ether oxygens (including phenoxy) is 2. The van der Waals surface area contributed by atoms with Crippen molar-refractivity contribution in [3.05, 3.63) is 0 Å². The van der Waals surface area contributed by atoms with Crippen molar-refractivity contribution >= 4 is 29.9 Å². The van der Waals surface area contributed by atoms with Crippen LogP contribution < -0.4 is 10.6 Å². The van der Waals surface area contributed by atoms with E-state index < -0.39 is 0 Å². The molecule has 6 nitrogen and oxygen atoms in total. The van der Waals surface area contributed by atoms with Gasteiger partial charge in [0.05, 0.1) is 5.60 Å². The van der Waals surface area contributed by atoms with Crippen LogP contribution >= 0.6 is 24.0 Å². The van der Waals surface area contributed by atoms with Gasteiger partial charge in [-0.25, -0.2) is 0 Å². The number of likely N-dealkylation sites (N-methyl/N-ethyl adjacent to an activating group) is 1. The van der Waals surface area contributed by atoms with E-state index in [4.69, 9.17) is 9.47 Å². The van der Waals surface area contributed by atoms with Crippen molar-refractivity contribution < 1.29 is 9.47 Å². The molecule has 2 aliphatic heterocycles. The number of hydrogen-bond donors (Lipinski definition) is 2. The maximum absolute atomic E-state index is 5.82. The fourth-order valence-corrected chi connectivity index (χ4v) is 3.25. The number of guanidine groups is 1. The van der Waals surface area contributed by atoms with Crippen molar-refractivity contribution in [2.45, 2.75) is 43.7 Å². The summed E-state index contributed by atoms with van der Waals surface area (Å²) in [7, 11) is 6.12. The van der Waals surface area contributed by atoms with Gasteiger partial charge in [0.2, 0.25) is 0 Å². The van der Waals surface area contributed by atoms with Crippen LogP contribution in [0.5, 0.6) is 0 Å². The Morgan fingerprint density at radius 3 is 2.26 bits per heavy atom. The number of halogens is 1. The number of rotatable bonds is 5. The van der Waals surface area contributed by atoms with Gasteiger partial charge < -0.3 is 25.0 Å². The molecule has 0 radical (unpaired) electrons. The topological polar surface area (TPSA) is 58.1 Å². The summed E-state index contributed by atoms with van der Waals surface area (Å²) in [5.74, 6) is 0.851. The zero-order valence-corrected chi connectivity index (χ0v) is 17.3. The Balaban J connectivity index is 0.00000264. The highest BCUT2D eigenvalue weighted by atomic mass is 127. The fraction of sp³-hybridized carbons (Fsp3) is 0.938. The lowest BCUT2D eigenvalue weighted by molar-refractivity contribution is -0.00513. The summed E-state index contributed by atoms with van der Waals surface area (Å²) in [6.45, 7) is 6.37. The van der Waals surface area contributed by atoms with Crippen LogP contribution in [0.3, 0.4) is 0 Å². The van der Waals surface area contributed by atoms with E-state index in [-0.39, 0.29) is 35.1 Å². The number of nitrogens with one attached hydrogen (secondary N) is 2. The molecule has 0 aromatic carbocycles. The number of aliphatic imine (C=N–C) groups is 1. The van der Waals surface area contributed by atoms with Gasteiger partial charge in [-0.2, -0.15) is 0 Å². The van der Waals surface area contributed by atoms with Gasteiger partial charge in [-0.15, -0.1) is 24.0 Å². The monoisotopic (exact) mass is 440 g/mol. The lowest BCUT2D eigenvalue weighted by Gasteiger charge is -2.43. The third-order valence-corrected chi connectivity index (χ3v) is 5.11. The Labute approximate surface area is 157 Å². The van der Waals surface area contributed by atoms with Crippen molar-refractivity contribution in [1.29, 1.82) is 0 Å². The molecule has 0 saturated carbocycles. The zero-order chi connectivity index (χ0) is 16.1. The van der Waals surface area contributed by atoms with E-state index in [1.165, 1.54) is 0 Å². The highest BCUT2D eigenvalue weighted by molar-refractivity contribution is 14.0. The van der Waals surface area contributed by atoms with Crippen LogP contribution in [-0.2, 0) is 9.47 Å². The smallest absolute Gasteiger partial charge is 0.191 e. The molecule has 7 heteroatoms. The van der Waals surface area contributed by atoms with Gasteiger partial charge in [-0.3, -0.25) is 4.99 Å². The van der Waals surface area contributed by atoms with Crippen molar-refractivity contribution in [2.24, 2.45) is 4.99 Å². The SMILES string of the molecule is CN=C(NCC1(C)CCCO1)NCC1(N(C)C)CCOCC1.I. The third-order valence-electron chi connectivity index (χ3n) is 5.11. The first-order valence-electron chi connectivity index (χ1n) is 8.33. The molecule has 0 amide bonds. The van der Waals surface area contributed by atoms with Crippen LogP contribution in [0.25, 0.3) is 0 Å². The van der Waals surface area contributed by atoms with E-state index in [9.17, 15) is 0 Å². The molecule has 23 heavy (non-hydrogen) atoms. The highest BCUT2D eigenvalue weighted by Crippen LogP contribution is 2.25. The van der Waals surface area contributed by atoms with Gasteiger partial charge >= 0.3 is 0 Å². The zero-order valence-electron chi connectivity index (χ0n) is 15.0. The van der Waals surface area contributed by atoms with Crippen molar-refractivity contribution in [2.75, 3.05) is 54.1 Å². The van der Waals surface area contributed by atoms with Gasteiger partial charge in [-0.1, -0.05) is 0 Å². The summed E-state index contributed by atoms with van der Waals surface area (Å²) < 4.78 is 11.3. The largest absolute Gasteiger partial charge is 0.381 e. The van der Waals surface area contributed by atoms with Gasteiger partial charge in [0, 0.05) is 45.5 Å². The summed E-state index contributed by atoms with van der Waals surface area (Å²) in [5, 5.41) is 6.90. The minimum Gasteiger partial charge on any atom is -0.381 e. The van der Waals surface area contributed by atoms with E-state index in [2.05, 4.69) is 41.5 Å². The van der Waals surface area contributed by atoms with Crippen LogP contribution in [-0.4, -0.2) is 76.1 Å². The Bertz CT molecular complexity index is 378. The van der Waals surface area contributed by atoms with Crippen LogP contribution in [0.4, 0.5) is 0 Å². The average molecular weight is 440 g/mol. The Kier molecular flexibility index (Phi) is 8.54. The first-order chi connectivity index (χ1) is 10.5. The predicted octanol–water partition coefficient (Wildman–Crippen LogP) is 1.45. The fourth-order valence-electron chi connectivity index (χ4n) is 3.25. The molecule has 136 valence electrons. The van der Waals surface area contributed by atoms with Gasteiger partial charge in [-0.05, 0) is 46.7 Å². The molecule has 0 bridgehead atoms. The maximum Gasteiger partial charge on any atom is 0.191 e. The quantitative estimate of drug-likeness (QED) is 0.385. The van der Waals surface area contributed by atoms with E-state index in [1.807, 2.05) is 7.05 Å². The van der Waals surface area contributed by atoms with Gasteiger partial charge in [0.1, 0.15) is 0 Å². The van der Waals surface area contributed by atoms with Crippen molar-refractivity contribution in [3.63, 3.8) is 0 Å². The highest BCUT2D eigenvalue weighted by Gasteiger charge is 2.35. The first kappa shape index (κ1) is 20.9. The van der Waals surface area contributed by atoms with E-state index in [0.29, 0.717) is 0 Å². The molecule has 2 aliphatic rings. The Hall–Kier alpha value is -0.120. The minimum atomic E-state index is -0.0600. The second kappa shape index (κ2) is 9.39. The molecule has 0 aromatic heterocycles. The molecule has 2 fully saturated rings. The first-order valence-corrected chi connectivity index (χ1v) is 8.33. The molecule has 2 rings (SSSR count). The molecule has 0 aromatic rings. The summed E-state index contributed by atoms with van der Waals surface area (Å²) in [5.41, 5.74) is 0.0825. The summed E-state index contributed by atoms with van der Waals surface area (Å²) in [6.07, 6.45) is 4.35. The second-order valence-corrected chi connectivity index (χ2v) is 6.91. The Morgan fingerprint density at radius 1 is 1.09 bits per heavy atom. The van der Waals surface area contributed by atoms with Gasteiger partial charge in [0.25, 0.3) is 0 Å². The number of hydrogen-bond acceptors (Lipinski definition) is 4. The number of nitrogens with zero attached hydrogens (tertiary/aromatic N) is 2. The molecule has 1 unspecified atom stereocenters. The van der Waals surface area contributed by atoms with Crippen LogP contribution in [0.1, 0.15) is 32.6 Å². The minimum absolute atomic E-state index is 0. The average Bonchev–Trinajstić information content (AvgIpc) is 2.95. The maximum atomic E-state index is 5.82. The van der Waals surface area contributed by atoms with E-state index >= 15 is 0 Å². The Morgan fingerprint density at radius 2 is 1.74 bits per heavy atom. The van der Waals surface area contributed by atoms with Crippen LogP contribution in [0.15, 0.2) is 4.99 Å². The third kappa shape index (κ3) is 5.72. The molecule has 2 N–H and O–H groups in total. The molecule has 1 atom stereocenters.